The zero-order valence-electron chi connectivity index (χ0n) is 13.8. The average molecular weight is 327 g/mol. The van der Waals surface area contributed by atoms with Crippen LogP contribution >= 0.6 is 0 Å². The number of anilines is 1. The summed E-state index contributed by atoms with van der Waals surface area (Å²) in [6.07, 6.45) is 1.97. The van der Waals surface area contributed by atoms with Crippen molar-refractivity contribution in [2.75, 3.05) is 5.32 Å². The molecule has 1 N–H and O–H groups in total. The van der Waals surface area contributed by atoms with E-state index in [4.69, 9.17) is 0 Å². The number of rotatable bonds is 3. The molecule has 4 rings (SSSR count). The molecule has 25 heavy (non-hydrogen) atoms. The molecule has 0 unspecified atom stereocenters. The number of nitrogens with zero attached hydrogens (tertiary/aromatic N) is 2. The molecule has 0 aliphatic rings. The molecular weight excluding hydrogens is 310 g/mol. The molecule has 4 heteroatoms. The van der Waals surface area contributed by atoms with Crippen LogP contribution in [-0.2, 0) is 0 Å². The predicted molar refractivity (Wildman–Crippen MR) is 100 cm³/mol. The Balaban J connectivity index is 1.75. The lowest BCUT2D eigenvalue weighted by Gasteiger charge is -2.12. The Morgan fingerprint density at radius 3 is 2.52 bits per heavy atom. The number of fused-ring (bicyclic) bond motifs is 1. The van der Waals surface area contributed by atoms with Gasteiger partial charge in [-0.05, 0) is 42.8 Å². The molecule has 1 heterocycles. The van der Waals surface area contributed by atoms with E-state index < -0.39 is 0 Å². The Labute approximate surface area is 145 Å². The summed E-state index contributed by atoms with van der Waals surface area (Å²) in [7, 11) is 0. The molecule has 1 aromatic heterocycles. The maximum atomic E-state index is 12.5. The molecule has 1 amide bonds. The summed E-state index contributed by atoms with van der Waals surface area (Å²) in [5.74, 6) is -0.135. The Kier molecular flexibility index (Phi) is 3.78. The first-order chi connectivity index (χ1) is 12.2. The molecule has 4 nitrogen and oxygen atoms in total. The number of aromatic nitrogens is 2. The van der Waals surface area contributed by atoms with Gasteiger partial charge in [-0.1, -0.05) is 42.5 Å². The van der Waals surface area contributed by atoms with E-state index in [9.17, 15) is 4.79 Å². The highest BCUT2D eigenvalue weighted by Crippen LogP contribution is 2.24. The summed E-state index contributed by atoms with van der Waals surface area (Å²) in [5.41, 5.74) is 4.19. The van der Waals surface area contributed by atoms with Crippen LogP contribution in [0.25, 0.3) is 16.6 Å². The maximum Gasteiger partial charge on any atom is 0.255 e. The van der Waals surface area contributed by atoms with E-state index in [0.717, 1.165) is 27.8 Å². The molecule has 0 fully saturated rings. The van der Waals surface area contributed by atoms with Gasteiger partial charge in [0.05, 0.1) is 16.9 Å². The Bertz CT molecular complexity index is 1020. The minimum atomic E-state index is -0.135. The fraction of sp³-hybridized carbons (Fsp3) is 0.0476. The summed E-state index contributed by atoms with van der Waals surface area (Å²) < 4.78 is 1.81. The second-order valence-electron chi connectivity index (χ2n) is 5.97. The van der Waals surface area contributed by atoms with Crippen LogP contribution in [0.1, 0.15) is 15.9 Å². The van der Waals surface area contributed by atoms with Gasteiger partial charge >= 0.3 is 0 Å². The molecule has 4 aromatic rings. The van der Waals surface area contributed by atoms with Crippen LogP contribution in [0.2, 0.25) is 0 Å². The molecular formula is C21H17N3O. The first-order valence-electron chi connectivity index (χ1n) is 8.12. The van der Waals surface area contributed by atoms with Crippen LogP contribution < -0.4 is 5.32 Å². The Morgan fingerprint density at radius 2 is 1.72 bits per heavy atom. The van der Waals surface area contributed by atoms with Crippen molar-refractivity contribution >= 4 is 22.5 Å². The van der Waals surface area contributed by atoms with Gasteiger partial charge < -0.3 is 5.32 Å². The zero-order chi connectivity index (χ0) is 17.2. The summed E-state index contributed by atoms with van der Waals surface area (Å²) in [6, 6.07) is 23.1. The molecule has 0 aliphatic carbocycles. The van der Waals surface area contributed by atoms with Gasteiger partial charge in [-0.2, -0.15) is 5.10 Å². The molecule has 122 valence electrons. The van der Waals surface area contributed by atoms with Crippen LogP contribution in [0.5, 0.6) is 0 Å². The number of carbonyl (C=O) groups excluding carboxylic acids is 1. The molecule has 0 atom stereocenters. The number of hydrogen-bond donors (Lipinski definition) is 1. The highest BCUT2D eigenvalue weighted by Gasteiger charge is 2.12. The van der Waals surface area contributed by atoms with Gasteiger partial charge in [-0.3, -0.25) is 4.79 Å². The lowest BCUT2D eigenvalue weighted by Crippen LogP contribution is -2.14. The van der Waals surface area contributed by atoms with Crippen molar-refractivity contribution in [1.29, 1.82) is 0 Å². The van der Waals surface area contributed by atoms with Gasteiger partial charge in [0.15, 0.2) is 0 Å². The number of hydrogen-bond acceptors (Lipinski definition) is 2. The number of nitrogens with one attached hydrogen (secondary N) is 1. The predicted octanol–water partition coefficient (Wildman–Crippen LogP) is 4.59. The monoisotopic (exact) mass is 327 g/mol. The van der Waals surface area contributed by atoms with E-state index in [-0.39, 0.29) is 5.91 Å². The maximum absolute atomic E-state index is 12.5. The second-order valence-corrected chi connectivity index (χ2v) is 5.97. The quantitative estimate of drug-likeness (QED) is 0.598. The fourth-order valence-electron chi connectivity index (χ4n) is 2.82. The third-order valence-electron chi connectivity index (χ3n) is 4.10. The van der Waals surface area contributed by atoms with E-state index in [1.165, 1.54) is 0 Å². The molecule has 0 radical (unpaired) electrons. The highest BCUT2D eigenvalue weighted by molar-refractivity contribution is 6.05. The van der Waals surface area contributed by atoms with Crippen molar-refractivity contribution in [1.82, 2.24) is 9.78 Å². The van der Waals surface area contributed by atoms with Gasteiger partial charge in [0.1, 0.15) is 0 Å². The largest absolute Gasteiger partial charge is 0.320 e. The molecule has 0 saturated carbocycles. The van der Waals surface area contributed by atoms with Crippen LogP contribution in [0.3, 0.4) is 0 Å². The third kappa shape index (κ3) is 3.02. The van der Waals surface area contributed by atoms with Crippen LogP contribution in [0.15, 0.2) is 79.0 Å². The van der Waals surface area contributed by atoms with E-state index in [2.05, 4.69) is 10.4 Å². The van der Waals surface area contributed by atoms with Crippen molar-refractivity contribution < 1.29 is 4.79 Å². The number of benzene rings is 3. The van der Waals surface area contributed by atoms with Crippen LogP contribution in [0, 0.1) is 6.92 Å². The molecule has 3 aromatic carbocycles. The Hall–Kier alpha value is -3.40. The smallest absolute Gasteiger partial charge is 0.255 e. The van der Waals surface area contributed by atoms with Gasteiger partial charge in [-0.25, -0.2) is 4.68 Å². The Morgan fingerprint density at radius 1 is 0.960 bits per heavy atom. The molecule has 0 aliphatic heterocycles. The van der Waals surface area contributed by atoms with Gasteiger partial charge in [0.2, 0.25) is 0 Å². The fourth-order valence-corrected chi connectivity index (χ4v) is 2.82. The van der Waals surface area contributed by atoms with Gasteiger partial charge in [-0.15, -0.1) is 0 Å². The van der Waals surface area contributed by atoms with E-state index in [1.54, 1.807) is 12.1 Å². The molecule has 0 spiro atoms. The summed E-state index contributed by atoms with van der Waals surface area (Å²) >= 11 is 0. The van der Waals surface area contributed by atoms with Crippen molar-refractivity contribution in [2.24, 2.45) is 0 Å². The minimum Gasteiger partial charge on any atom is -0.320 e. The summed E-state index contributed by atoms with van der Waals surface area (Å²) in [6.45, 7) is 2.00. The normalized spacial score (nSPS) is 10.8. The van der Waals surface area contributed by atoms with Crippen LogP contribution in [0.4, 0.5) is 5.69 Å². The summed E-state index contributed by atoms with van der Waals surface area (Å²) in [5, 5.41) is 8.69. The lowest BCUT2D eigenvalue weighted by molar-refractivity contribution is 0.102. The van der Waals surface area contributed by atoms with Crippen molar-refractivity contribution in [3.63, 3.8) is 0 Å². The van der Waals surface area contributed by atoms with Gasteiger partial charge in [0.25, 0.3) is 5.91 Å². The SMILES string of the molecule is Cc1ccc(-n2cc3ccccc3n2)c(NC(=O)c2ccccc2)c1. The van der Waals surface area contributed by atoms with E-state index in [1.807, 2.05) is 78.5 Å². The number of amides is 1. The standard InChI is InChI=1S/C21H17N3O/c1-15-11-12-20(24-14-17-9-5-6-10-18(17)23-24)19(13-15)22-21(25)16-7-3-2-4-8-16/h2-14H,1H3,(H,22,25). The highest BCUT2D eigenvalue weighted by atomic mass is 16.1. The minimum absolute atomic E-state index is 0.135. The first kappa shape index (κ1) is 15.1. The van der Waals surface area contributed by atoms with E-state index >= 15 is 0 Å². The van der Waals surface area contributed by atoms with Gasteiger partial charge in [0, 0.05) is 17.1 Å². The topological polar surface area (TPSA) is 46.9 Å². The lowest BCUT2D eigenvalue weighted by atomic mass is 10.1. The van der Waals surface area contributed by atoms with Crippen molar-refractivity contribution in [3.8, 4) is 5.69 Å². The number of aryl methyl sites for hydroxylation is 1. The molecule has 0 bridgehead atoms. The first-order valence-corrected chi connectivity index (χ1v) is 8.12. The summed E-state index contributed by atoms with van der Waals surface area (Å²) in [4.78, 5) is 12.5. The van der Waals surface area contributed by atoms with Crippen molar-refractivity contribution in [2.45, 2.75) is 6.92 Å². The van der Waals surface area contributed by atoms with E-state index in [0.29, 0.717) is 5.56 Å². The molecule has 0 saturated heterocycles. The number of carbonyl (C=O) groups is 1. The van der Waals surface area contributed by atoms with Crippen molar-refractivity contribution in [3.05, 3.63) is 90.1 Å². The van der Waals surface area contributed by atoms with Crippen LogP contribution in [-0.4, -0.2) is 15.7 Å². The second kappa shape index (κ2) is 6.24. The zero-order valence-corrected chi connectivity index (χ0v) is 13.8. The average Bonchev–Trinajstić information content (AvgIpc) is 3.06. The third-order valence-corrected chi connectivity index (χ3v) is 4.10.